The van der Waals surface area contributed by atoms with Gasteiger partial charge in [-0.1, -0.05) is 18.9 Å². The van der Waals surface area contributed by atoms with Crippen LogP contribution in [0, 0.1) is 0 Å². The topological polar surface area (TPSA) is 55.8 Å². The van der Waals surface area contributed by atoms with Crippen molar-refractivity contribution in [2.75, 3.05) is 18.6 Å². The third kappa shape index (κ3) is 2.78. The minimum atomic E-state index is -0.755. The Bertz CT molecular complexity index is 546. The molecule has 0 amide bonds. The van der Waals surface area contributed by atoms with Crippen molar-refractivity contribution < 1.29 is 19.4 Å². The van der Waals surface area contributed by atoms with E-state index in [1.165, 1.54) is 0 Å². The van der Waals surface area contributed by atoms with Crippen LogP contribution in [0.15, 0.2) is 18.2 Å². The van der Waals surface area contributed by atoms with Crippen molar-refractivity contribution in [1.82, 2.24) is 0 Å². The summed E-state index contributed by atoms with van der Waals surface area (Å²) in [6, 6.07) is 5.64. The molecule has 0 spiro atoms. The molecule has 1 heterocycles. The molecule has 120 valence electrons. The summed E-state index contributed by atoms with van der Waals surface area (Å²) in [5.74, 6) is 2.77. The first-order valence-electron chi connectivity index (χ1n) is 7.82. The van der Waals surface area contributed by atoms with Crippen molar-refractivity contribution in [3.63, 3.8) is 0 Å². The zero-order chi connectivity index (χ0) is 15.6. The fraction of sp³-hybridized carbons (Fsp3) is 0.588. The average Bonchev–Trinajstić information content (AvgIpc) is 3.19. The molecule has 4 nitrogen and oxygen atoms in total. The molecular weight excluding hydrogens is 300 g/mol. The molecule has 3 rings (SSSR count). The van der Waals surface area contributed by atoms with Crippen LogP contribution in [-0.4, -0.2) is 35.8 Å². The predicted molar refractivity (Wildman–Crippen MR) is 87.1 cm³/mol. The summed E-state index contributed by atoms with van der Waals surface area (Å²) in [6.45, 7) is 0. The lowest BCUT2D eigenvalue weighted by Crippen LogP contribution is -2.32. The Morgan fingerprint density at radius 3 is 2.68 bits per heavy atom. The van der Waals surface area contributed by atoms with E-state index in [1.54, 1.807) is 7.11 Å². The van der Waals surface area contributed by atoms with E-state index in [0.29, 0.717) is 18.6 Å². The Balaban J connectivity index is 1.88. The van der Waals surface area contributed by atoms with Gasteiger partial charge in [0.15, 0.2) is 11.5 Å². The number of aliphatic carboxylic acids is 1. The summed E-state index contributed by atoms with van der Waals surface area (Å²) in [4.78, 5) is 11.8. The number of hydrogen-bond donors (Lipinski definition) is 1. The highest BCUT2D eigenvalue weighted by molar-refractivity contribution is 7.99. The van der Waals surface area contributed by atoms with Gasteiger partial charge in [-0.25, -0.2) is 0 Å². The summed E-state index contributed by atoms with van der Waals surface area (Å²) >= 11 is 1.90. The first kappa shape index (κ1) is 15.5. The van der Waals surface area contributed by atoms with Crippen LogP contribution in [0.3, 0.4) is 0 Å². The maximum atomic E-state index is 11.8. The standard InChI is InChI=1S/C17H22O4S/c1-20-15-10-12(17(16(18)19)7-2-3-8-17)4-5-14(15)21-13-6-9-22-11-13/h4-5,10,13H,2-3,6-9,11H2,1H3,(H,18,19). The summed E-state index contributed by atoms with van der Waals surface area (Å²) < 4.78 is 11.5. The Labute approximate surface area is 135 Å². The lowest BCUT2D eigenvalue weighted by Gasteiger charge is -2.25. The van der Waals surface area contributed by atoms with Crippen LogP contribution >= 0.6 is 11.8 Å². The van der Waals surface area contributed by atoms with E-state index in [1.807, 2.05) is 30.0 Å². The number of carboxylic acids is 1. The molecule has 1 saturated heterocycles. The number of methoxy groups -OCH3 is 1. The Kier molecular flexibility index (Phi) is 4.52. The van der Waals surface area contributed by atoms with Crippen molar-refractivity contribution in [2.45, 2.75) is 43.6 Å². The number of ether oxygens (including phenoxy) is 2. The van der Waals surface area contributed by atoms with Crippen LogP contribution in [-0.2, 0) is 10.2 Å². The lowest BCUT2D eigenvalue weighted by atomic mass is 9.79. The van der Waals surface area contributed by atoms with Crippen LogP contribution in [0.25, 0.3) is 0 Å². The predicted octanol–water partition coefficient (Wildman–Crippen LogP) is 3.48. The highest BCUT2D eigenvalue weighted by Gasteiger charge is 2.43. The summed E-state index contributed by atoms with van der Waals surface area (Å²) in [5, 5.41) is 9.71. The van der Waals surface area contributed by atoms with Gasteiger partial charge in [0.05, 0.1) is 12.5 Å². The van der Waals surface area contributed by atoms with Gasteiger partial charge in [-0.05, 0) is 42.7 Å². The average molecular weight is 322 g/mol. The van der Waals surface area contributed by atoms with Gasteiger partial charge in [0.1, 0.15) is 6.10 Å². The molecule has 0 aromatic heterocycles. The molecule has 1 unspecified atom stereocenters. The Morgan fingerprint density at radius 1 is 1.32 bits per heavy atom. The number of hydrogen-bond acceptors (Lipinski definition) is 4. The van der Waals surface area contributed by atoms with Crippen LogP contribution in [0.4, 0.5) is 0 Å². The minimum absolute atomic E-state index is 0.227. The molecule has 22 heavy (non-hydrogen) atoms. The van der Waals surface area contributed by atoms with Gasteiger partial charge in [0, 0.05) is 5.75 Å². The number of thioether (sulfide) groups is 1. The molecular formula is C17H22O4S. The molecule has 1 N–H and O–H groups in total. The van der Waals surface area contributed by atoms with E-state index >= 15 is 0 Å². The van der Waals surface area contributed by atoms with E-state index in [9.17, 15) is 9.90 Å². The molecule has 1 aliphatic carbocycles. The van der Waals surface area contributed by atoms with Crippen molar-refractivity contribution in [3.8, 4) is 11.5 Å². The van der Waals surface area contributed by atoms with Crippen LogP contribution in [0.1, 0.15) is 37.7 Å². The van der Waals surface area contributed by atoms with Gasteiger partial charge in [0.25, 0.3) is 0 Å². The molecule has 2 aliphatic rings. The van der Waals surface area contributed by atoms with Gasteiger partial charge >= 0.3 is 5.97 Å². The molecule has 0 bridgehead atoms. The maximum absolute atomic E-state index is 11.8. The second-order valence-electron chi connectivity index (χ2n) is 6.06. The van der Waals surface area contributed by atoms with Gasteiger partial charge in [-0.3, -0.25) is 4.79 Å². The third-order valence-electron chi connectivity index (χ3n) is 4.76. The van der Waals surface area contributed by atoms with Crippen molar-refractivity contribution in [1.29, 1.82) is 0 Å². The van der Waals surface area contributed by atoms with E-state index in [-0.39, 0.29) is 6.10 Å². The first-order valence-corrected chi connectivity index (χ1v) is 8.97. The lowest BCUT2D eigenvalue weighted by molar-refractivity contribution is -0.143. The second-order valence-corrected chi connectivity index (χ2v) is 7.21. The summed E-state index contributed by atoms with van der Waals surface area (Å²) in [6.07, 6.45) is 4.60. The molecule has 2 fully saturated rings. The van der Waals surface area contributed by atoms with Crippen molar-refractivity contribution in [3.05, 3.63) is 23.8 Å². The zero-order valence-corrected chi connectivity index (χ0v) is 13.7. The van der Waals surface area contributed by atoms with Crippen molar-refractivity contribution >= 4 is 17.7 Å². The Hall–Kier alpha value is -1.36. The number of rotatable bonds is 5. The van der Waals surface area contributed by atoms with E-state index < -0.39 is 11.4 Å². The molecule has 0 radical (unpaired) electrons. The van der Waals surface area contributed by atoms with Gasteiger partial charge in [-0.15, -0.1) is 0 Å². The molecule has 1 saturated carbocycles. The number of benzene rings is 1. The summed E-state index contributed by atoms with van der Waals surface area (Å²) in [5.41, 5.74) is 0.0807. The van der Waals surface area contributed by atoms with Gasteiger partial charge in [0.2, 0.25) is 0 Å². The van der Waals surface area contributed by atoms with Crippen molar-refractivity contribution in [2.24, 2.45) is 0 Å². The Morgan fingerprint density at radius 2 is 2.09 bits per heavy atom. The van der Waals surface area contributed by atoms with E-state index in [4.69, 9.17) is 9.47 Å². The molecule has 1 atom stereocenters. The minimum Gasteiger partial charge on any atom is -0.493 e. The SMILES string of the molecule is COc1cc(C2(C(=O)O)CCCC2)ccc1OC1CCSC1. The van der Waals surface area contributed by atoms with E-state index in [0.717, 1.165) is 42.1 Å². The zero-order valence-electron chi connectivity index (χ0n) is 12.8. The fourth-order valence-electron chi connectivity index (χ4n) is 3.45. The summed E-state index contributed by atoms with van der Waals surface area (Å²) in [7, 11) is 1.61. The van der Waals surface area contributed by atoms with Gasteiger partial charge in [-0.2, -0.15) is 11.8 Å². The highest BCUT2D eigenvalue weighted by atomic mass is 32.2. The smallest absolute Gasteiger partial charge is 0.314 e. The molecule has 1 aliphatic heterocycles. The fourth-order valence-corrected chi connectivity index (χ4v) is 4.55. The third-order valence-corrected chi connectivity index (χ3v) is 5.90. The van der Waals surface area contributed by atoms with Gasteiger partial charge < -0.3 is 14.6 Å². The quantitative estimate of drug-likeness (QED) is 0.899. The number of carboxylic acid groups (broad SMARTS) is 1. The van der Waals surface area contributed by atoms with E-state index in [2.05, 4.69) is 0 Å². The molecule has 1 aromatic rings. The van der Waals surface area contributed by atoms with Crippen LogP contribution < -0.4 is 9.47 Å². The molecule has 1 aromatic carbocycles. The number of carbonyl (C=O) groups is 1. The van der Waals surface area contributed by atoms with Crippen LogP contribution in [0.2, 0.25) is 0 Å². The normalized spacial score (nSPS) is 23.4. The monoisotopic (exact) mass is 322 g/mol. The largest absolute Gasteiger partial charge is 0.493 e. The molecule has 5 heteroatoms. The van der Waals surface area contributed by atoms with Crippen LogP contribution in [0.5, 0.6) is 11.5 Å². The highest BCUT2D eigenvalue weighted by Crippen LogP contribution is 2.44. The maximum Gasteiger partial charge on any atom is 0.314 e. The second kappa shape index (κ2) is 6.41. The first-order chi connectivity index (χ1) is 10.7.